The van der Waals surface area contributed by atoms with Gasteiger partial charge in [0.25, 0.3) is 0 Å². The van der Waals surface area contributed by atoms with Crippen LogP contribution < -0.4 is 4.74 Å². The summed E-state index contributed by atoms with van der Waals surface area (Å²) < 4.78 is 5.32. The second-order valence-electron chi connectivity index (χ2n) is 7.34. The number of hydrogen-bond acceptors (Lipinski definition) is 5. The number of pyridine rings is 1. The van der Waals surface area contributed by atoms with E-state index in [0.29, 0.717) is 17.5 Å². The highest BCUT2D eigenvalue weighted by atomic mass is 16.5. The van der Waals surface area contributed by atoms with Crippen molar-refractivity contribution in [2.24, 2.45) is 11.8 Å². The zero-order chi connectivity index (χ0) is 18.3. The molecule has 1 aromatic heterocycles. The zero-order valence-electron chi connectivity index (χ0n) is 15.1. The Morgan fingerprint density at radius 1 is 1.46 bits per heavy atom. The van der Waals surface area contributed by atoms with E-state index in [1.807, 2.05) is 24.3 Å². The third kappa shape index (κ3) is 2.81. The Kier molecular flexibility index (Phi) is 4.51. The molecule has 5 rings (SSSR count). The third-order valence-electron chi connectivity index (χ3n) is 6.04. The van der Waals surface area contributed by atoms with Crippen molar-refractivity contribution in [3.8, 4) is 5.75 Å². The number of nitrogens with zero attached hydrogens (tertiary/aromatic N) is 2. The molecule has 3 aliphatic rings. The van der Waals surface area contributed by atoms with E-state index < -0.39 is 6.10 Å². The van der Waals surface area contributed by atoms with Crippen LogP contribution in [0.4, 0.5) is 0 Å². The van der Waals surface area contributed by atoms with E-state index in [0.717, 1.165) is 48.1 Å². The molecule has 1 aromatic carbocycles. The van der Waals surface area contributed by atoms with Crippen molar-refractivity contribution >= 4 is 16.6 Å². The molecular weight excluding hydrogens is 326 g/mol. The number of aliphatic hydroxyl groups is 1. The Hall–Kier alpha value is -2.24. The molecule has 5 heteroatoms. The zero-order valence-corrected chi connectivity index (χ0v) is 15.1. The number of aromatic nitrogens is 1. The molecule has 26 heavy (non-hydrogen) atoms. The van der Waals surface area contributed by atoms with Gasteiger partial charge in [-0.2, -0.15) is 0 Å². The topological polar surface area (TPSA) is 69.4 Å². The number of methoxy groups -OCH3 is 1. The quantitative estimate of drug-likeness (QED) is 0.641. The average Bonchev–Trinajstić information content (AvgIpc) is 2.71. The minimum atomic E-state index is -0.931. The number of rotatable bonds is 5. The van der Waals surface area contributed by atoms with E-state index >= 15 is 0 Å². The maximum Gasteiger partial charge on any atom is 0.119 e. The highest BCUT2D eigenvalue weighted by Gasteiger charge is 2.42. The van der Waals surface area contributed by atoms with Crippen LogP contribution >= 0.6 is 0 Å². The monoisotopic (exact) mass is 351 g/mol. The summed E-state index contributed by atoms with van der Waals surface area (Å²) in [6.45, 7) is 5.90. The number of aliphatic hydroxyl groups excluding tert-OH is 1. The highest BCUT2D eigenvalue weighted by molar-refractivity contribution is 5.96. The van der Waals surface area contributed by atoms with E-state index in [1.54, 1.807) is 13.3 Å². The molecule has 2 N–H and O–H groups in total. The summed E-state index contributed by atoms with van der Waals surface area (Å²) in [5.41, 5.74) is 1.90. The standard InChI is InChI=1S/C21H25N3O2/c1-3-13-12-24-9-7-14(13)10-19(24)20(22)21(25)16-6-8-23-18-5-4-15(26-2)11-17(16)18/h3-6,8,11,13-14,19,21-22,25H,1,7,9-10,12H2,2H3/t13?,14?,19?,21-/m1/s1. The van der Waals surface area contributed by atoms with Crippen molar-refractivity contribution in [2.45, 2.75) is 25.0 Å². The van der Waals surface area contributed by atoms with Gasteiger partial charge >= 0.3 is 0 Å². The van der Waals surface area contributed by atoms with Gasteiger partial charge in [-0.15, -0.1) is 6.58 Å². The maximum atomic E-state index is 11.0. The van der Waals surface area contributed by atoms with Crippen LogP contribution in [-0.4, -0.2) is 46.9 Å². The minimum Gasteiger partial charge on any atom is -0.497 e. The molecule has 3 saturated heterocycles. The SMILES string of the molecule is C=CC1CN2CCC1CC2C(=N)[C@H](O)c1ccnc2ccc(OC)cc12. The van der Waals surface area contributed by atoms with Crippen LogP contribution in [0.3, 0.4) is 0 Å². The lowest BCUT2D eigenvalue weighted by atomic mass is 9.73. The summed E-state index contributed by atoms with van der Waals surface area (Å²) >= 11 is 0. The molecular formula is C21H25N3O2. The van der Waals surface area contributed by atoms with Gasteiger partial charge in [0.1, 0.15) is 11.9 Å². The predicted molar refractivity (Wildman–Crippen MR) is 103 cm³/mol. The molecule has 0 spiro atoms. The van der Waals surface area contributed by atoms with Crippen LogP contribution in [0.2, 0.25) is 0 Å². The Morgan fingerprint density at radius 2 is 2.31 bits per heavy atom. The molecule has 3 fully saturated rings. The molecule has 3 aliphatic heterocycles. The van der Waals surface area contributed by atoms with E-state index in [4.69, 9.17) is 10.1 Å². The summed E-state index contributed by atoms with van der Waals surface area (Å²) in [5.74, 6) is 1.81. The van der Waals surface area contributed by atoms with E-state index in [2.05, 4.69) is 22.5 Å². The first-order valence-corrected chi connectivity index (χ1v) is 9.18. The minimum absolute atomic E-state index is 0.00812. The predicted octanol–water partition coefficient (Wildman–Crippen LogP) is 3.19. The fourth-order valence-corrected chi connectivity index (χ4v) is 4.52. The lowest BCUT2D eigenvalue weighted by molar-refractivity contribution is 0.0432. The van der Waals surface area contributed by atoms with Crippen LogP contribution in [0.25, 0.3) is 10.9 Å². The van der Waals surface area contributed by atoms with Crippen molar-refractivity contribution in [3.05, 3.63) is 48.7 Å². The van der Waals surface area contributed by atoms with Crippen molar-refractivity contribution in [1.82, 2.24) is 9.88 Å². The van der Waals surface area contributed by atoms with Gasteiger partial charge < -0.3 is 15.3 Å². The van der Waals surface area contributed by atoms with Crippen LogP contribution in [0.5, 0.6) is 5.75 Å². The smallest absolute Gasteiger partial charge is 0.119 e. The molecule has 136 valence electrons. The van der Waals surface area contributed by atoms with Gasteiger partial charge in [-0.3, -0.25) is 9.88 Å². The van der Waals surface area contributed by atoms with Gasteiger partial charge in [0, 0.05) is 18.1 Å². The Labute approximate surface area is 153 Å². The second-order valence-corrected chi connectivity index (χ2v) is 7.34. The van der Waals surface area contributed by atoms with Crippen molar-refractivity contribution in [1.29, 1.82) is 5.41 Å². The van der Waals surface area contributed by atoms with Gasteiger partial charge in [0.2, 0.25) is 0 Å². The number of ether oxygens (including phenoxy) is 1. The molecule has 5 atom stereocenters. The van der Waals surface area contributed by atoms with Crippen molar-refractivity contribution in [2.75, 3.05) is 20.2 Å². The average molecular weight is 351 g/mol. The largest absolute Gasteiger partial charge is 0.497 e. The fraction of sp³-hybridized carbons (Fsp3) is 0.429. The summed E-state index contributed by atoms with van der Waals surface area (Å²) in [6, 6.07) is 7.44. The van der Waals surface area contributed by atoms with Gasteiger partial charge in [-0.25, -0.2) is 0 Å². The summed E-state index contributed by atoms with van der Waals surface area (Å²) in [4.78, 5) is 6.71. The van der Waals surface area contributed by atoms with Crippen LogP contribution in [-0.2, 0) is 0 Å². The van der Waals surface area contributed by atoms with Crippen molar-refractivity contribution < 1.29 is 9.84 Å². The lowest BCUT2D eigenvalue weighted by Crippen LogP contribution is -2.56. The molecule has 2 bridgehead atoms. The van der Waals surface area contributed by atoms with E-state index in [-0.39, 0.29) is 6.04 Å². The number of piperidine rings is 3. The fourth-order valence-electron chi connectivity index (χ4n) is 4.52. The maximum absolute atomic E-state index is 11.0. The third-order valence-corrected chi connectivity index (χ3v) is 6.04. The van der Waals surface area contributed by atoms with E-state index in [9.17, 15) is 5.11 Å². The molecule has 0 amide bonds. The molecule has 4 unspecified atom stereocenters. The molecule has 0 radical (unpaired) electrons. The summed E-state index contributed by atoms with van der Waals surface area (Å²) in [6.07, 6.45) is 4.90. The van der Waals surface area contributed by atoms with Gasteiger partial charge in [0.15, 0.2) is 0 Å². The second kappa shape index (κ2) is 6.82. The number of nitrogens with one attached hydrogen (secondary N) is 1. The first-order valence-electron chi connectivity index (χ1n) is 9.18. The first kappa shape index (κ1) is 17.2. The number of benzene rings is 1. The Morgan fingerprint density at radius 3 is 3.00 bits per heavy atom. The summed E-state index contributed by atoms with van der Waals surface area (Å²) in [5, 5.41) is 20.6. The Balaban J connectivity index is 1.64. The van der Waals surface area contributed by atoms with Crippen molar-refractivity contribution in [3.63, 3.8) is 0 Å². The first-order chi connectivity index (χ1) is 12.6. The Bertz CT molecular complexity index is 850. The molecule has 0 aliphatic carbocycles. The number of fused-ring (bicyclic) bond motifs is 4. The normalized spacial score (nSPS) is 28.7. The molecule has 0 saturated carbocycles. The van der Waals surface area contributed by atoms with E-state index in [1.165, 1.54) is 0 Å². The van der Waals surface area contributed by atoms with Crippen LogP contribution in [0.15, 0.2) is 43.1 Å². The molecule has 2 aromatic rings. The van der Waals surface area contributed by atoms with Crippen LogP contribution in [0, 0.1) is 17.2 Å². The lowest BCUT2D eigenvalue weighted by Gasteiger charge is -2.49. The summed E-state index contributed by atoms with van der Waals surface area (Å²) in [7, 11) is 1.62. The van der Waals surface area contributed by atoms with Gasteiger partial charge in [-0.05, 0) is 61.1 Å². The molecule has 4 heterocycles. The van der Waals surface area contributed by atoms with Gasteiger partial charge in [0.05, 0.1) is 24.4 Å². The number of hydrogen-bond donors (Lipinski definition) is 2. The van der Waals surface area contributed by atoms with Crippen LogP contribution in [0.1, 0.15) is 24.5 Å². The highest BCUT2D eigenvalue weighted by Crippen LogP contribution is 2.39. The van der Waals surface area contributed by atoms with Gasteiger partial charge in [-0.1, -0.05) is 6.08 Å². The molecule has 5 nitrogen and oxygen atoms in total.